The molecule has 0 unspecified atom stereocenters. The summed E-state index contributed by atoms with van der Waals surface area (Å²) in [5.74, 6) is -0.490. The van der Waals surface area contributed by atoms with Crippen LogP contribution in [0, 0.1) is 5.82 Å². The molecule has 0 saturated heterocycles. The number of aromatic nitrogens is 1. The van der Waals surface area contributed by atoms with Gasteiger partial charge in [0, 0.05) is 16.4 Å². The molecule has 1 aromatic heterocycles. The second kappa shape index (κ2) is 7.23. The SMILES string of the molecule is CCn1c(-c2ccc(Br)cc2)csc1=NS(=O)(=O)c1ccc(F)cc1. The maximum Gasteiger partial charge on any atom is 0.285 e. The largest absolute Gasteiger partial charge is 0.316 e. The van der Waals surface area contributed by atoms with E-state index in [0.29, 0.717) is 11.3 Å². The van der Waals surface area contributed by atoms with E-state index < -0.39 is 15.8 Å². The summed E-state index contributed by atoms with van der Waals surface area (Å²) in [6.45, 7) is 2.51. The van der Waals surface area contributed by atoms with Gasteiger partial charge in [-0.3, -0.25) is 0 Å². The number of hydrogen-bond acceptors (Lipinski definition) is 3. The highest BCUT2D eigenvalue weighted by molar-refractivity contribution is 9.10. The monoisotopic (exact) mass is 440 g/mol. The lowest BCUT2D eigenvalue weighted by atomic mass is 10.2. The fourth-order valence-electron chi connectivity index (χ4n) is 2.32. The van der Waals surface area contributed by atoms with Crippen LogP contribution in [0.2, 0.25) is 0 Å². The van der Waals surface area contributed by atoms with Gasteiger partial charge in [0.1, 0.15) is 5.82 Å². The van der Waals surface area contributed by atoms with E-state index in [1.165, 1.54) is 23.5 Å². The Morgan fingerprint density at radius 3 is 2.36 bits per heavy atom. The molecule has 0 bridgehead atoms. The fourth-order valence-corrected chi connectivity index (χ4v) is 4.78. The summed E-state index contributed by atoms with van der Waals surface area (Å²) in [7, 11) is -3.90. The Labute approximate surface area is 157 Å². The molecule has 0 spiro atoms. The summed E-state index contributed by atoms with van der Waals surface area (Å²) in [5, 5.41) is 1.88. The summed E-state index contributed by atoms with van der Waals surface area (Å²) >= 11 is 4.66. The normalized spacial score (nSPS) is 12.5. The van der Waals surface area contributed by atoms with Crippen molar-refractivity contribution in [2.45, 2.75) is 18.4 Å². The Balaban J connectivity index is 2.10. The first-order valence-electron chi connectivity index (χ1n) is 7.41. The van der Waals surface area contributed by atoms with Gasteiger partial charge >= 0.3 is 0 Å². The Hall–Kier alpha value is -1.77. The van der Waals surface area contributed by atoms with Crippen LogP contribution >= 0.6 is 27.3 Å². The summed E-state index contributed by atoms with van der Waals surface area (Å²) < 4.78 is 44.7. The molecule has 3 aromatic rings. The third-order valence-electron chi connectivity index (χ3n) is 3.56. The van der Waals surface area contributed by atoms with E-state index in [4.69, 9.17) is 0 Å². The summed E-state index contributed by atoms with van der Waals surface area (Å²) in [6.07, 6.45) is 0. The van der Waals surface area contributed by atoms with Gasteiger partial charge < -0.3 is 4.57 Å². The Kier molecular flexibility index (Phi) is 5.21. The molecular formula is C17H14BrFN2O2S2. The van der Waals surface area contributed by atoms with Crippen molar-refractivity contribution >= 4 is 37.3 Å². The summed E-state index contributed by atoms with van der Waals surface area (Å²) in [4.78, 5) is 0.347. The topological polar surface area (TPSA) is 51.4 Å². The molecular weight excluding hydrogens is 427 g/mol. The van der Waals surface area contributed by atoms with Crippen LogP contribution in [0.4, 0.5) is 4.39 Å². The molecule has 0 aliphatic carbocycles. The van der Waals surface area contributed by atoms with E-state index >= 15 is 0 Å². The molecule has 0 aliphatic heterocycles. The standard InChI is InChI=1S/C17H14BrFN2O2S2/c1-2-21-16(12-3-5-13(18)6-4-12)11-24-17(21)20-25(22,23)15-9-7-14(19)8-10-15/h3-11H,2H2,1H3. The molecule has 0 N–H and O–H groups in total. The van der Waals surface area contributed by atoms with Crippen LogP contribution in [0.15, 0.2) is 67.7 Å². The van der Waals surface area contributed by atoms with Gasteiger partial charge in [-0.25, -0.2) is 4.39 Å². The van der Waals surface area contributed by atoms with E-state index in [1.807, 2.05) is 41.1 Å². The molecule has 0 atom stereocenters. The number of sulfonamides is 1. The minimum absolute atomic E-state index is 0.0323. The Morgan fingerprint density at radius 2 is 1.76 bits per heavy atom. The minimum atomic E-state index is -3.90. The average Bonchev–Trinajstić information content (AvgIpc) is 2.98. The number of thiazole rings is 1. The maximum absolute atomic E-state index is 13.0. The van der Waals surface area contributed by atoms with Gasteiger partial charge in [-0.1, -0.05) is 28.1 Å². The molecule has 1 heterocycles. The van der Waals surface area contributed by atoms with Crippen LogP contribution in [0.3, 0.4) is 0 Å². The maximum atomic E-state index is 13.0. The van der Waals surface area contributed by atoms with Gasteiger partial charge in [0.15, 0.2) is 0 Å². The molecule has 130 valence electrons. The average molecular weight is 441 g/mol. The highest BCUT2D eigenvalue weighted by Crippen LogP contribution is 2.23. The number of hydrogen-bond donors (Lipinski definition) is 0. The summed E-state index contributed by atoms with van der Waals surface area (Å²) in [6, 6.07) is 12.4. The van der Waals surface area contributed by atoms with Gasteiger partial charge in [0.2, 0.25) is 4.80 Å². The fraction of sp³-hybridized carbons (Fsp3) is 0.118. The van der Waals surface area contributed by atoms with Gasteiger partial charge in [0.05, 0.1) is 10.6 Å². The zero-order valence-corrected chi connectivity index (χ0v) is 16.4. The molecule has 0 aliphatic rings. The quantitative estimate of drug-likeness (QED) is 0.602. The van der Waals surface area contributed by atoms with Crippen LogP contribution in [0.5, 0.6) is 0 Å². The van der Waals surface area contributed by atoms with Crippen molar-refractivity contribution in [1.29, 1.82) is 0 Å². The third kappa shape index (κ3) is 3.91. The predicted molar refractivity (Wildman–Crippen MR) is 100 cm³/mol. The van der Waals surface area contributed by atoms with Crippen LogP contribution in [0.1, 0.15) is 6.92 Å². The van der Waals surface area contributed by atoms with Gasteiger partial charge in [-0.2, -0.15) is 8.42 Å². The number of rotatable bonds is 4. The minimum Gasteiger partial charge on any atom is -0.316 e. The zero-order chi connectivity index (χ0) is 18.0. The van der Waals surface area contributed by atoms with Crippen LogP contribution < -0.4 is 4.80 Å². The highest BCUT2D eigenvalue weighted by Gasteiger charge is 2.14. The Morgan fingerprint density at radius 1 is 1.12 bits per heavy atom. The van der Waals surface area contributed by atoms with Crippen LogP contribution in [-0.2, 0) is 16.6 Å². The van der Waals surface area contributed by atoms with Crippen molar-refractivity contribution in [2.75, 3.05) is 0 Å². The van der Waals surface area contributed by atoms with Crippen molar-refractivity contribution in [3.63, 3.8) is 0 Å². The molecule has 0 amide bonds. The van der Waals surface area contributed by atoms with Crippen LogP contribution in [0.25, 0.3) is 11.3 Å². The molecule has 0 saturated carbocycles. The van der Waals surface area contributed by atoms with Gasteiger partial charge in [-0.05, 0) is 48.9 Å². The Bertz CT molecular complexity index is 1050. The van der Waals surface area contributed by atoms with Crippen molar-refractivity contribution in [2.24, 2.45) is 4.40 Å². The number of halogens is 2. The van der Waals surface area contributed by atoms with E-state index in [9.17, 15) is 12.8 Å². The second-order valence-electron chi connectivity index (χ2n) is 5.17. The first kappa shape index (κ1) is 18.0. The lowest BCUT2D eigenvalue weighted by Crippen LogP contribution is -2.17. The lowest BCUT2D eigenvalue weighted by molar-refractivity contribution is 0.594. The molecule has 0 fully saturated rings. The van der Waals surface area contributed by atoms with E-state index in [2.05, 4.69) is 20.3 Å². The van der Waals surface area contributed by atoms with Gasteiger partial charge in [0.25, 0.3) is 10.0 Å². The van der Waals surface area contributed by atoms with Crippen molar-refractivity contribution < 1.29 is 12.8 Å². The molecule has 3 rings (SSSR count). The molecule has 2 aromatic carbocycles. The molecule has 4 nitrogen and oxygen atoms in total. The van der Waals surface area contributed by atoms with Gasteiger partial charge in [-0.15, -0.1) is 15.7 Å². The zero-order valence-electron chi connectivity index (χ0n) is 13.2. The molecule has 8 heteroatoms. The van der Waals surface area contributed by atoms with Crippen molar-refractivity contribution in [3.8, 4) is 11.3 Å². The summed E-state index contributed by atoms with van der Waals surface area (Å²) in [5.41, 5.74) is 1.87. The number of nitrogens with zero attached hydrogens (tertiary/aromatic N) is 2. The smallest absolute Gasteiger partial charge is 0.285 e. The first-order valence-corrected chi connectivity index (χ1v) is 10.5. The highest BCUT2D eigenvalue weighted by atomic mass is 79.9. The number of benzene rings is 2. The predicted octanol–water partition coefficient (Wildman–Crippen LogP) is 4.43. The van der Waals surface area contributed by atoms with Crippen molar-refractivity contribution in [1.82, 2.24) is 4.57 Å². The first-order chi connectivity index (χ1) is 11.9. The van der Waals surface area contributed by atoms with E-state index in [-0.39, 0.29) is 4.90 Å². The van der Waals surface area contributed by atoms with Crippen LogP contribution in [-0.4, -0.2) is 13.0 Å². The van der Waals surface area contributed by atoms with E-state index in [0.717, 1.165) is 27.9 Å². The van der Waals surface area contributed by atoms with Crippen molar-refractivity contribution in [3.05, 3.63) is 69.0 Å². The molecule has 0 radical (unpaired) electrons. The third-order valence-corrected chi connectivity index (χ3v) is 6.35. The second-order valence-corrected chi connectivity index (χ2v) is 8.53. The molecule has 25 heavy (non-hydrogen) atoms. The van der Waals surface area contributed by atoms with E-state index in [1.54, 1.807) is 0 Å². The lowest BCUT2D eigenvalue weighted by Gasteiger charge is -2.06.